The zero-order valence-electron chi connectivity index (χ0n) is 10.1. The SMILES string of the molecule is CN(C(=O)NC(C)(C)C(=O)O)c1ccccc1. The van der Waals surface area contributed by atoms with Crippen LogP contribution in [0.5, 0.6) is 0 Å². The Hall–Kier alpha value is -2.04. The Labute approximate surface area is 100 Å². The first-order chi connectivity index (χ1) is 7.84. The predicted octanol–water partition coefficient (Wildman–Crippen LogP) is 1.70. The van der Waals surface area contributed by atoms with E-state index >= 15 is 0 Å². The van der Waals surface area contributed by atoms with Gasteiger partial charge in [-0.05, 0) is 26.0 Å². The van der Waals surface area contributed by atoms with Gasteiger partial charge in [0.05, 0.1) is 0 Å². The van der Waals surface area contributed by atoms with E-state index in [0.717, 1.165) is 0 Å². The van der Waals surface area contributed by atoms with Gasteiger partial charge in [0, 0.05) is 12.7 Å². The fourth-order valence-corrected chi connectivity index (χ4v) is 1.17. The number of nitrogens with one attached hydrogen (secondary N) is 1. The molecule has 0 heterocycles. The molecular formula is C12H16N2O3. The number of hydrogen-bond donors (Lipinski definition) is 2. The molecule has 1 aromatic rings. The molecule has 0 unspecified atom stereocenters. The number of urea groups is 1. The van der Waals surface area contributed by atoms with Gasteiger partial charge in [-0.1, -0.05) is 18.2 Å². The lowest BCUT2D eigenvalue weighted by atomic mass is 10.1. The molecule has 5 nitrogen and oxygen atoms in total. The number of amides is 2. The highest BCUT2D eigenvalue weighted by atomic mass is 16.4. The molecule has 0 aromatic heterocycles. The number of carboxylic acids is 1. The van der Waals surface area contributed by atoms with Crippen LogP contribution in [0, 0.1) is 0 Å². The zero-order chi connectivity index (χ0) is 13.1. The smallest absolute Gasteiger partial charge is 0.328 e. The molecule has 0 spiro atoms. The summed E-state index contributed by atoms with van der Waals surface area (Å²) in [7, 11) is 1.59. The maximum atomic E-state index is 11.8. The number of carbonyl (C=O) groups is 2. The Kier molecular flexibility index (Phi) is 3.73. The monoisotopic (exact) mass is 236 g/mol. The van der Waals surface area contributed by atoms with Crippen molar-refractivity contribution in [2.45, 2.75) is 19.4 Å². The highest BCUT2D eigenvalue weighted by molar-refractivity contribution is 5.95. The molecular weight excluding hydrogens is 220 g/mol. The molecule has 2 N–H and O–H groups in total. The van der Waals surface area contributed by atoms with Crippen LogP contribution >= 0.6 is 0 Å². The lowest BCUT2D eigenvalue weighted by molar-refractivity contribution is -0.142. The highest BCUT2D eigenvalue weighted by Gasteiger charge is 2.30. The van der Waals surface area contributed by atoms with Crippen LogP contribution in [-0.4, -0.2) is 29.7 Å². The summed E-state index contributed by atoms with van der Waals surface area (Å²) in [5.41, 5.74) is -0.591. The molecule has 0 saturated carbocycles. The van der Waals surface area contributed by atoms with E-state index in [1.54, 1.807) is 31.3 Å². The molecule has 0 aliphatic carbocycles. The molecule has 92 valence electrons. The van der Waals surface area contributed by atoms with Gasteiger partial charge in [0.15, 0.2) is 0 Å². The Morgan fingerprint density at radius 1 is 1.24 bits per heavy atom. The molecule has 2 amide bonds. The minimum atomic E-state index is -1.29. The van der Waals surface area contributed by atoms with Crippen molar-refractivity contribution in [2.75, 3.05) is 11.9 Å². The third-order valence-corrected chi connectivity index (χ3v) is 2.40. The highest BCUT2D eigenvalue weighted by Crippen LogP contribution is 2.12. The van der Waals surface area contributed by atoms with Crippen molar-refractivity contribution in [3.63, 3.8) is 0 Å². The molecule has 0 bridgehead atoms. The molecule has 1 rings (SSSR count). The normalized spacial score (nSPS) is 10.8. The molecule has 0 saturated heterocycles. The average molecular weight is 236 g/mol. The Morgan fingerprint density at radius 3 is 2.24 bits per heavy atom. The number of carbonyl (C=O) groups excluding carboxylic acids is 1. The third-order valence-electron chi connectivity index (χ3n) is 2.40. The number of benzene rings is 1. The minimum Gasteiger partial charge on any atom is -0.480 e. The van der Waals surface area contributed by atoms with Gasteiger partial charge in [0.1, 0.15) is 5.54 Å². The van der Waals surface area contributed by atoms with Crippen LogP contribution in [0.1, 0.15) is 13.8 Å². The van der Waals surface area contributed by atoms with Crippen LogP contribution in [0.25, 0.3) is 0 Å². The van der Waals surface area contributed by atoms with Crippen molar-refractivity contribution >= 4 is 17.7 Å². The maximum Gasteiger partial charge on any atom is 0.328 e. The van der Waals surface area contributed by atoms with Crippen molar-refractivity contribution in [3.05, 3.63) is 30.3 Å². The second kappa shape index (κ2) is 4.86. The lowest BCUT2D eigenvalue weighted by Gasteiger charge is -2.25. The summed E-state index contributed by atoms with van der Waals surface area (Å²) in [5, 5.41) is 11.4. The summed E-state index contributed by atoms with van der Waals surface area (Å²) >= 11 is 0. The maximum absolute atomic E-state index is 11.8. The lowest BCUT2D eigenvalue weighted by Crippen LogP contribution is -2.53. The van der Waals surface area contributed by atoms with Crippen LogP contribution in [0.3, 0.4) is 0 Å². The van der Waals surface area contributed by atoms with Crippen molar-refractivity contribution in [1.29, 1.82) is 0 Å². The molecule has 1 aromatic carbocycles. The van der Waals surface area contributed by atoms with Crippen LogP contribution < -0.4 is 10.2 Å². The van der Waals surface area contributed by atoms with E-state index in [-0.39, 0.29) is 0 Å². The van der Waals surface area contributed by atoms with Crippen molar-refractivity contribution in [2.24, 2.45) is 0 Å². The molecule has 0 aliphatic rings. The average Bonchev–Trinajstić information content (AvgIpc) is 2.28. The number of carboxylic acid groups (broad SMARTS) is 1. The topological polar surface area (TPSA) is 69.6 Å². The second-order valence-corrected chi connectivity index (χ2v) is 4.25. The van der Waals surface area contributed by atoms with Gasteiger partial charge in [-0.3, -0.25) is 4.90 Å². The number of hydrogen-bond acceptors (Lipinski definition) is 2. The van der Waals surface area contributed by atoms with Crippen LogP contribution in [0.15, 0.2) is 30.3 Å². The summed E-state index contributed by atoms with van der Waals surface area (Å²) in [6, 6.07) is 8.55. The molecule has 0 fully saturated rings. The van der Waals surface area contributed by atoms with Crippen LogP contribution in [0.4, 0.5) is 10.5 Å². The van der Waals surface area contributed by atoms with Crippen molar-refractivity contribution < 1.29 is 14.7 Å². The first-order valence-electron chi connectivity index (χ1n) is 5.19. The van der Waals surface area contributed by atoms with E-state index in [1.165, 1.54) is 18.7 Å². The number of rotatable bonds is 3. The van der Waals surface area contributed by atoms with Gasteiger partial charge in [-0.15, -0.1) is 0 Å². The fourth-order valence-electron chi connectivity index (χ4n) is 1.17. The Bertz CT molecular complexity index is 415. The largest absolute Gasteiger partial charge is 0.480 e. The fraction of sp³-hybridized carbons (Fsp3) is 0.333. The van der Waals surface area contributed by atoms with Crippen molar-refractivity contribution in [3.8, 4) is 0 Å². The number of aliphatic carboxylic acids is 1. The minimum absolute atomic E-state index is 0.455. The van der Waals surface area contributed by atoms with E-state index in [2.05, 4.69) is 5.32 Å². The third kappa shape index (κ3) is 3.21. The standard InChI is InChI=1S/C12H16N2O3/c1-12(2,10(15)16)13-11(17)14(3)9-7-5-4-6-8-9/h4-8H,1-3H3,(H,13,17)(H,15,16). The first kappa shape index (κ1) is 13.0. The van der Waals surface area contributed by atoms with Gasteiger partial charge in [-0.25, -0.2) is 9.59 Å². The first-order valence-corrected chi connectivity index (χ1v) is 5.19. The number of anilines is 1. The number of para-hydroxylation sites is 1. The molecule has 0 aliphatic heterocycles. The summed E-state index contributed by atoms with van der Waals surface area (Å²) in [6.07, 6.45) is 0. The second-order valence-electron chi connectivity index (χ2n) is 4.25. The van der Waals surface area contributed by atoms with Gasteiger partial charge in [0.25, 0.3) is 0 Å². The summed E-state index contributed by atoms with van der Waals surface area (Å²) in [4.78, 5) is 24.1. The van der Waals surface area contributed by atoms with Crippen molar-refractivity contribution in [1.82, 2.24) is 5.32 Å². The molecule has 5 heteroatoms. The zero-order valence-corrected chi connectivity index (χ0v) is 10.1. The molecule has 17 heavy (non-hydrogen) atoms. The Morgan fingerprint density at radius 2 is 1.76 bits per heavy atom. The predicted molar refractivity (Wildman–Crippen MR) is 65.1 cm³/mol. The van der Waals surface area contributed by atoms with Gasteiger partial charge in [-0.2, -0.15) is 0 Å². The summed E-state index contributed by atoms with van der Waals surface area (Å²) in [6.45, 7) is 2.87. The van der Waals surface area contributed by atoms with E-state index in [1.807, 2.05) is 6.07 Å². The molecule has 0 radical (unpaired) electrons. The Balaban J connectivity index is 2.75. The molecule has 0 atom stereocenters. The van der Waals surface area contributed by atoms with Gasteiger partial charge < -0.3 is 10.4 Å². The van der Waals surface area contributed by atoms with E-state index in [9.17, 15) is 9.59 Å². The van der Waals surface area contributed by atoms with Crippen LogP contribution in [-0.2, 0) is 4.79 Å². The van der Waals surface area contributed by atoms with E-state index in [4.69, 9.17) is 5.11 Å². The summed E-state index contributed by atoms with van der Waals surface area (Å²) in [5.74, 6) is -1.08. The summed E-state index contributed by atoms with van der Waals surface area (Å²) < 4.78 is 0. The van der Waals surface area contributed by atoms with E-state index < -0.39 is 17.5 Å². The van der Waals surface area contributed by atoms with Gasteiger partial charge >= 0.3 is 12.0 Å². The van der Waals surface area contributed by atoms with E-state index in [0.29, 0.717) is 5.69 Å². The number of nitrogens with zero attached hydrogens (tertiary/aromatic N) is 1. The van der Waals surface area contributed by atoms with Crippen LogP contribution in [0.2, 0.25) is 0 Å². The van der Waals surface area contributed by atoms with Gasteiger partial charge in [0.2, 0.25) is 0 Å². The quantitative estimate of drug-likeness (QED) is 0.839.